The summed E-state index contributed by atoms with van der Waals surface area (Å²) in [5.41, 5.74) is 2.82. The minimum atomic E-state index is -0.931. The fourth-order valence-corrected chi connectivity index (χ4v) is 3.98. The molecule has 2 aromatic rings. The molecule has 2 aromatic carbocycles. The van der Waals surface area contributed by atoms with E-state index in [4.69, 9.17) is 4.74 Å². The van der Waals surface area contributed by atoms with Crippen molar-refractivity contribution in [2.24, 2.45) is 0 Å². The number of nitrogens with zero attached hydrogens (tertiary/aromatic N) is 1. The monoisotopic (exact) mass is 495 g/mol. The Morgan fingerprint density at radius 1 is 0.861 bits per heavy atom. The van der Waals surface area contributed by atoms with Crippen LogP contribution >= 0.6 is 0 Å². The van der Waals surface area contributed by atoms with Gasteiger partial charge in [0.05, 0.1) is 0 Å². The number of para-hydroxylation sites is 1. The second kappa shape index (κ2) is 11.1. The number of nitrogens with one attached hydrogen (secondary N) is 2. The number of alkyl carbamates (subject to hydrolysis) is 1. The second-order valence-electron chi connectivity index (χ2n) is 11.2. The fourth-order valence-electron chi connectivity index (χ4n) is 3.98. The van der Waals surface area contributed by atoms with Gasteiger partial charge in [-0.2, -0.15) is 0 Å². The van der Waals surface area contributed by atoms with E-state index in [1.165, 1.54) is 0 Å². The van der Waals surface area contributed by atoms with Gasteiger partial charge in [-0.05, 0) is 97.6 Å². The molecule has 0 radical (unpaired) electrons. The molecule has 2 atom stereocenters. The third kappa shape index (κ3) is 7.33. The fraction of sp³-hybridized carbons (Fsp3) is 0.483. The highest BCUT2D eigenvalue weighted by molar-refractivity contribution is 5.99. The zero-order valence-corrected chi connectivity index (χ0v) is 23.3. The zero-order chi connectivity index (χ0) is 27.4. The molecule has 0 heterocycles. The lowest BCUT2D eigenvalue weighted by atomic mass is 9.91. The van der Waals surface area contributed by atoms with Crippen LogP contribution in [0.3, 0.4) is 0 Å². The first-order valence-corrected chi connectivity index (χ1v) is 12.3. The summed E-state index contributed by atoms with van der Waals surface area (Å²) in [6.45, 7) is 18.4. The quantitative estimate of drug-likeness (QED) is 0.528. The summed E-state index contributed by atoms with van der Waals surface area (Å²) in [6, 6.07) is 11.4. The summed E-state index contributed by atoms with van der Waals surface area (Å²) in [7, 11) is 0. The summed E-state index contributed by atoms with van der Waals surface area (Å²) < 4.78 is 5.34. The molecule has 0 fully saturated rings. The van der Waals surface area contributed by atoms with Gasteiger partial charge in [0.1, 0.15) is 17.7 Å². The average molecular weight is 496 g/mol. The summed E-state index contributed by atoms with van der Waals surface area (Å²) in [4.78, 5) is 41.8. The van der Waals surface area contributed by atoms with Crippen molar-refractivity contribution < 1.29 is 19.1 Å². The van der Waals surface area contributed by atoms with Crippen LogP contribution in [-0.4, -0.2) is 40.0 Å². The molecule has 7 heteroatoms. The third-order valence-corrected chi connectivity index (χ3v) is 5.91. The number of hydrogen-bond acceptors (Lipinski definition) is 4. The number of benzene rings is 2. The van der Waals surface area contributed by atoms with E-state index in [-0.39, 0.29) is 11.8 Å². The Bertz CT molecular complexity index is 1110. The van der Waals surface area contributed by atoms with Gasteiger partial charge in [-0.3, -0.25) is 9.59 Å². The van der Waals surface area contributed by atoms with Gasteiger partial charge in [0, 0.05) is 11.2 Å². The van der Waals surface area contributed by atoms with Crippen LogP contribution < -0.4 is 10.6 Å². The van der Waals surface area contributed by atoms with E-state index in [9.17, 15) is 14.4 Å². The molecule has 0 aliphatic carbocycles. The SMILES string of the molecule is Cc1ccccc1NC(=O)C(c1cccc(C)c1C)N(C(=O)C(C)NC(=O)OC(C)(C)C)C(C)(C)C. The Morgan fingerprint density at radius 2 is 1.44 bits per heavy atom. The first-order valence-electron chi connectivity index (χ1n) is 12.3. The van der Waals surface area contributed by atoms with Gasteiger partial charge in [0.15, 0.2) is 0 Å². The zero-order valence-electron chi connectivity index (χ0n) is 23.3. The van der Waals surface area contributed by atoms with E-state index in [1.54, 1.807) is 32.6 Å². The molecular weight excluding hydrogens is 454 g/mol. The molecule has 0 saturated carbocycles. The predicted octanol–water partition coefficient (Wildman–Crippen LogP) is 5.83. The lowest BCUT2D eigenvalue weighted by molar-refractivity contribution is -0.146. The van der Waals surface area contributed by atoms with E-state index in [1.807, 2.05) is 84.0 Å². The van der Waals surface area contributed by atoms with Crippen LogP contribution in [0.15, 0.2) is 42.5 Å². The minimum Gasteiger partial charge on any atom is -0.444 e. The van der Waals surface area contributed by atoms with Crippen LogP contribution in [0.4, 0.5) is 10.5 Å². The highest BCUT2D eigenvalue weighted by Crippen LogP contribution is 2.33. The van der Waals surface area contributed by atoms with E-state index < -0.39 is 29.3 Å². The van der Waals surface area contributed by atoms with Crippen molar-refractivity contribution in [3.05, 3.63) is 64.7 Å². The number of anilines is 1. The smallest absolute Gasteiger partial charge is 0.408 e. The van der Waals surface area contributed by atoms with E-state index >= 15 is 0 Å². The molecule has 7 nitrogen and oxygen atoms in total. The second-order valence-corrected chi connectivity index (χ2v) is 11.2. The molecule has 2 N–H and O–H groups in total. The molecule has 36 heavy (non-hydrogen) atoms. The molecule has 2 unspecified atom stereocenters. The Balaban J connectivity index is 2.56. The van der Waals surface area contributed by atoms with Crippen molar-refractivity contribution in [3.63, 3.8) is 0 Å². The molecular formula is C29H41N3O4. The molecule has 0 bridgehead atoms. The van der Waals surface area contributed by atoms with Crippen molar-refractivity contribution in [2.75, 3.05) is 5.32 Å². The summed E-state index contributed by atoms with van der Waals surface area (Å²) in [5, 5.41) is 5.66. The Labute approximate surface area is 215 Å². The summed E-state index contributed by atoms with van der Waals surface area (Å²) >= 11 is 0. The molecule has 0 spiro atoms. The Kier molecular flexibility index (Phi) is 8.94. The van der Waals surface area contributed by atoms with Crippen LogP contribution in [0.1, 0.15) is 76.8 Å². The van der Waals surface area contributed by atoms with Gasteiger partial charge in [-0.1, -0.05) is 36.4 Å². The average Bonchev–Trinajstić information content (AvgIpc) is 2.73. The minimum absolute atomic E-state index is 0.328. The maximum Gasteiger partial charge on any atom is 0.408 e. The van der Waals surface area contributed by atoms with Crippen molar-refractivity contribution in [3.8, 4) is 0 Å². The lowest BCUT2D eigenvalue weighted by Crippen LogP contribution is -2.57. The maximum atomic E-state index is 13.9. The number of amides is 3. The number of hydrogen-bond donors (Lipinski definition) is 2. The van der Waals surface area contributed by atoms with E-state index in [0.717, 1.165) is 22.3 Å². The number of rotatable bonds is 6. The van der Waals surface area contributed by atoms with Crippen LogP contribution in [0.25, 0.3) is 0 Å². The lowest BCUT2D eigenvalue weighted by Gasteiger charge is -2.43. The Hall–Kier alpha value is -3.35. The molecule has 196 valence electrons. The molecule has 3 amide bonds. The molecule has 0 aliphatic heterocycles. The number of ether oxygens (including phenoxy) is 1. The first-order chi connectivity index (χ1) is 16.5. The van der Waals surface area contributed by atoms with Crippen molar-refractivity contribution in [2.45, 2.75) is 92.5 Å². The van der Waals surface area contributed by atoms with Gasteiger partial charge in [-0.15, -0.1) is 0 Å². The van der Waals surface area contributed by atoms with Crippen molar-refractivity contribution >= 4 is 23.6 Å². The topological polar surface area (TPSA) is 87.7 Å². The first kappa shape index (κ1) is 28.9. The predicted molar refractivity (Wildman–Crippen MR) is 144 cm³/mol. The maximum absolute atomic E-state index is 13.9. The van der Waals surface area contributed by atoms with Crippen LogP contribution in [-0.2, 0) is 14.3 Å². The van der Waals surface area contributed by atoms with Gasteiger partial charge < -0.3 is 20.3 Å². The standard InChI is InChI=1S/C29H41N3O4/c1-18-15-13-16-22(20(18)3)24(25(33)31-23-17-12-11-14-19(23)2)32(28(5,6)7)26(34)21(4)30-27(35)36-29(8,9)10/h11-17,21,24H,1-10H3,(H,30,35)(H,31,33). The molecule has 0 aliphatic rings. The van der Waals surface area contributed by atoms with E-state index in [0.29, 0.717) is 5.69 Å². The normalized spacial score (nSPS) is 13.4. The van der Waals surface area contributed by atoms with Crippen molar-refractivity contribution in [1.29, 1.82) is 0 Å². The van der Waals surface area contributed by atoms with Gasteiger partial charge in [0.25, 0.3) is 5.91 Å². The number of aryl methyl sites for hydroxylation is 2. The highest BCUT2D eigenvalue weighted by atomic mass is 16.6. The van der Waals surface area contributed by atoms with Gasteiger partial charge >= 0.3 is 6.09 Å². The highest BCUT2D eigenvalue weighted by Gasteiger charge is 2.41. The van der Waals surface area contributed by atoms with Crippen LogP contribution in [0, 0.1) is 20.8 Å². The largest absolute Gasteiger partial charge is 0.444 e. The molecule has 0 aromatic heterocycles. The summed E-state index contributed by atoms with van der Waals surface area (Å²) in [5.74, 6) is -0.718. The van der Waals surface area contributed by atoms with Crippen LogP contribution in [0.2, 0.25) is 0 Å². The Morgan fingerprint density at radius 3 is 2.00 bits per heavy atom. The summed E-state index contributed by atoms with van der Waals surface area (Å²) in [6.07, 6.45) is -0.690. The van der Waals surface area contributed by atoms with Crippen LogP contribution in [0.5, 0.6) is 0 Å². The molecule has 2 rings (SSSR count). The van der Waals surface area contributed by atoms with Gasteiger partial charge in [-0.25, -0.2) is 4.79 Å². The third-order valence-electron chi connectivity index (χ3n) is 5.91. The van der Waals surface area contributed by atoms with E-state index in [2.05, 4.69) is 10.6 Å². The number of carbonyl (C=O) groups excluding carboxylic acids is 3. The molecule has 0 saturated heterocycles. The number of carbonyl (C=O) groups is 3. The van der Waals surface area contributed by atoms with Gasteiger partial charge in [0.2, 0.25) is 5.91 Å². The van der Waals surface area contributed by atoms with Crippen molar-refractivity contribution in [1.82, 2.24) is 10.2 Å².